The molecule has 0 aromatic heterocycles. The van der Waals surface area contributed by atoms with Gasteiger partial charge in [0.05, 0.1) is 0 Å². The van der Waals surface area contributed by atoms with Crippen LogP contribution in [-0.4, -0.2) is 48.4 Å². The Labute approximate surface area is 146 Å². The number of nitrogens with zero attached hydrogens (tertiary/aromatic N) is 2. The lowest BCUT2D eigenvalue weighted by Gasteiger charge is -2.35. The van der Waals surface area contributed by atoms with E-state index in [-0.39, 0.29) is 5.91 Å². The molecule has 2 N–H and O–H groups in total. The second-order valence-corrected chi connectivity index (χ2v) is 7.55. The summed E-state index contributed by atoms with van der Waals surface area (Å²) in [5, 5.41) is 0. The van der Waals surface area contributed by atoms with Crippen molar-refractivity contribution in [3.63, 3.8) is 0 Å². The fraction of sp³-hybridized carbons (Fsp3) is 0.650. The van der Waals surface area contributed by atoms with E-state index in [1.165, 1.54) is 45.2 Å². The Hall–Kier alpha value is -1.55. The molecule has 24 heavy (non-hydrogen) atoms. The van der Waals surface area contributed by atoms with Crippen LogP contribution in [0, 0.1) is 12.8 Å². The number of benzene rings is 1. The zero-order chi connectivity index (χ0) is 16.9. The molecule has 1 atom stereocenters. The van der Waals surface area contributed by atoms with Crippen LogP contribution in [0.15, 0.2) is 18.2 Å². The maximum Gasteiger partial charge on any atom is 0.254 e. The van der Waals surface area contributed by atoms with Crippen LogP contribution >= 0.6 is 0 Å². The van der Waals surface area contributed by atoms with E-state index in [0.717, 1.165) is 37.2 Å². The average Bonchev–Trinajstić information content (AvgIpc) is 2.85. The van der Waals surface area contributed by atoms with Crippen LogP contribution in [0.2, 0.25) is 0 Å². The molecule has 4 nitrogen and oxygen atoms in total. The number of carbonyl (C=O) groups is 1. The second kappa shape index (κ2) is 8.02. The topological polar surface area (TPSA) is 49.6 Å². The predicted octanol–water partition coefficient (Wildman–Crippen LogP) is 3.31. The summed E-state index contributed by atoms with van der Waals surface area (Å²) >= 11 is 0. The molecule has 0 spiro atoms. The Morgan fingerprint density at radius 3 is 2.62 bits per heavy atom. The smallest absolute Gasteiger partial charge is 0.254 e. The maximum absolute atomic E-state index is 12.9. The second-order valence-electron chi connectivity index (χ2n) is 7.55. The quantitative estimate of drug-likeness (QED) is 0.866. The molecule has 1 aromatic rings. The third-order valence-electron chi connectivity index (χ3n) is 5.51. The first-order valence-electron chi connectivity index (χ1n) is 9.51. The number of likely N-dealkylation sites (tertiary alicyclic amines) is 2. The number of piperidine rings is 1. The first-order valence-corrected chi connectivity index (χ1v) is 9.51. The lowest BCUT2D eigenvalue weighted by molar-refractivity contribution is 0.0640. The van der Waals surface area contributed by atoms with E-state index in [4.69, 9.17) is 5.73 Å². The third kappa shape index (κ3) is 4.29. The lowest BCUT2D eigenvalue weighted by Crippen LogP contribution is -2.44. The van der Waals surface area contributed by atoms with Gasteiger partial charge in [-0.05, 0) is 69.3 Å². The Kier molecular flexibility index (Phi) is 5.77. The zero-order valence-electron chi connectivity index (χ0n) is 15.0. The molecule has 0 saturated carbocycles. The highest BCUT2D eigenvalue weighted by Gasteiger charge is 2.26. The largest absolute Gasteiger partial charge is 0.399 e. The van der Waals surface area contributed by atoms with Gasteiger partial charge in [0.1, 0.15) is 0 Å². The molecule has 2 heterocycles. The van der Waals surface area contributed by atoms with Gasteiger partial charge in [-0.25, -0.2) is 0 Å². The molecule has 2 aliphatic rings. The van der Waals surface area contributed by atoms with Crippen LogP contribution in [0.25, 0.3) is 0 Å². The van der Waals surface area contributed by atoms with Crippen LogP contribution in [0.1, 0.15) is 54.4 Å². The van der Waals surface area contributed by atoms with Crippen molar-refractivity contribution in [3.05, 3.63) is 29.3 Å². The minimum atomic E-state index is 0.153. The van der Waals surface area contributed by atoms with Gasteiger partial charge in [0.2, 0.25) is 0 Å². The van der Waals surface area contributed by atoms with Crippen molar-refractivity contribution < 1.29 is 4.79 Å². The van der Waals surface area contributed by atoms with Gasteiger partial charge < -0.3 is 15.5 Å². The summed E-state index contributed by atoms with van der Waals surface area (Å²) in [6, 6.07) is 5.64. The van der Waals surface area contributed by atoms with Gasteiger partial charge in [-0.2, -0.15) is 0 Å². The number of rotatable bonds is 3. The molecular formula is C20H31N3O. The first-order chi connectivity index (χ1) is 11.6. The molecule has 0 aliphatic carbocycles. The van der Waals surface area contributed by atoms with Crippen LogP contribution in [0.3, 0.4) is 0 Å². The fourth-order valence-corrected chi connectivity index (χ4v) is 4.12. The van der Waals surface area contributed by atoms with Crippen molar-refractivity contribution in [1.29, 1.82) is 0 Å². The monoisotopic (exact) mass is 329 g/mol. The lowest BCUT2D eigenvalue weighted by atomic mass is 9.96. The summed E-state index contributed by atoms with van der Waals surface area (Å²) in [6.07, 6.45) is 7.78. The third-order valence-corrected chi connectivity index (χ3v) is 5.51. The molecule has 132 valence electrons. The van der Waals surface area contributed by atoms with E-state index in [9.17, 15) is 4.79 Å². The molecule has 1 amide bonds. The van der Waals surface area contributed by atoms with Gasteiger partial charge >= 0.3 is 0 Å². The standard InChI is InChI=1S/C20H31N3O/c1-16-8-9-18(21)13-19(16)20(24)23-12-6-7-17(15-23)14-22-10-4-2-3-5-11-22/h8-9,13,17H,2-7,10-12,14-15,21H2,1H3. The van der Waals surface area contributed by atoms with Crippen LogP contribution < -0.4 is 5.73 Å². The van der Waals surface area contributed by atoms with Gasteiger partial charge in [-0.15, -0.1) is 0 Å². The van der Waals surface area contributed by atoms with Gasteiger partial charge in [0, 0.05) is 30.9 Å². The van der Waals surface area contributed by atoms with Crippen molar-refractivity contribution in [2.45, 2.75) is 45.4 Å². The number of carbonyl (C=O) groups excluding carboxylic acids is 1. The van der Waals surface area contributed by atoms with E-state index < -0.39 is 0 Å². The van der Waals surface area contributed by atoms with Crippen molar-refractivity contribution in [2.75, 3.05) is 38.5 Å². The number of nitrogen functional groups attached to an aromatic ring is 1. The number of anilines is 1. The highest BCUT2D eigenvalue weighted by Crippen LogP contribution is 2.23. The Bertz CT molecular complexity index is 564. The van der Waals surface area contributed by atoms with Crippen molar-refractivity contribution in [1.82, 2.24) is 9.80 Å². The molecule has 1 unspecified atom stereocenters. The molecule has 0 bridgehead atoms. The van der Waals surface area contributed by atoms with E-state index in [0.29, 0.717) is 11.6 Å². The summed E-state index contributed by atoms with van der Waals surface area (Å²) in [4.78, 5) is 17.6. The maximum atomic E-state index is 12.9. The van der Waals surface area contributed by atoms with Crippen molar-refractivity contribution >= 4 is 11.6 Å². The molecule has 2 fully saturated rings. The summed E-state index contributed by atoms with van der Waals surface area (Å²) < 4.78 is 0. The normalized spacial score (nSPS) is 23.0. The first kappa shape index (κ1) is 17.3. The van der Waals surface area contributed by atoms with Gasteiger partial charge in [0.15, 0.2) is 0 Å². The predicted molar refractivity (Wildman–Crippen MR) is 99.1 cm³/mol. The molecule has 2 saturated heterocycles. The minimum Gasteiger partial charge on any atom is -0.399 e. The summed E-state index contributed by atoms with van der Waals surface area (Å²) in [7, 11) is 0. The number of amides is 1. The summed E-state index contributed by atoms with van der Waals surface area (Å²) in [5.41, 5.74) is 8.34. The summed E-state index contributed by atoms with van der Waals surface area (Å²) in [5.74, 6) is 0.766. The van der Waals surface area contributed by atoms with Gasteiger partial charge in [-0.3, -0.25) is 4.79 Å². The van der Waals surface area contributed by atoms with E-state index >= 15 is 0 Å². The minimum absolute atomic E-state index is 0.153. The van der Waals surface area contributed by atoms with Gasteiger partial charge in [-0.1, -0.05) is 18.9 Å². The Morgan fingerprint density at radius 2 is 1.88 bits per heavy atom. The Morgan fingerprint density at radius 1 is 1.12 bits per heavy atom. The van der Waals surface area contributed by atoms with Crippen LogP contribution in [0.4, 0.5) is 5.69 Å². The highest BCUT2D eigenvalue weighted by molar-refractivity contribution is 5.96. The SMILES string of the molecule is Cc1ccc(N)cc1C(=O)N1CCCC(CN2CCCCCC2)C1. The Balaban J connectivity index is 1.62. The molecule has 0 radical (unpaired) electrons. The molecule has 4 heteroatoms. The zero-order valence-corrected chi connectivity index (χ0v) is 15.0. The molecule has 3 rings (SSSR count). The van der Waals surface area contributed by atoms with Crippen molar-refractivity contribution in [3.8, 4) is 0 Å². The highest BCUT2D eigenvalue weighted by atomic mass is 16.2. The number of hydrogen-bond acceptors (Lipinski definition) is 3. The molecule has 1 aromatic carbocycles. The van der Waals surface area contributed by atoms with Crippen LogP contribution in [-0.2, 0) is 0 Å². The summed E-state index contributed by atoms with van der Waals surface area (Å²) in [6.45, 7) is 7.38. The molecule has 2 aliphatic heterocycles. The van der Waals surface area contributed by atoms with Crippen molar-refractivity contribution in [2.24, 2.45) is 5.92 Å². The van der Waals surface area contributed by atoms with E-state index in [2.05, 4.69) is 4.90 Å². The fourth-order valence-electron chi connectivity index (χ4n) is 4.12. The van der Waals surface area contributed by atoms with Gasteiger partial charge in [0.25, 0.3) is 5.91 Å². The van der Waals surface area contributed by atoms with E-state index in [1.807, 2.05) is 30.0 Å². The van der Waals surface area contributed by atoms with Crippen LogP contribution in [0.5, 0.6) is 0 Å². The van der Waals surface area contributed by atoms with E-state index in [1.54, 1.807) is 0 Å². The number of nitrogens with two attached hydrogens (primary N) is 1. The number of aryl methyl sites for hydroxylation is 1. The molecular weight excluding hydrogens is 298 g/mol. The number of hydrogen-bond donors (Lipinski definition) is 1. The average molecular weight is 329 g/mol.